The molecule has 1 heterocycles. The van der Waals surface area contributed by atoms with Gasteiger partial charge < -0.3 is 0 Å². The van der Waals surface area contributed by atoms with Crippen molar-refractivity contribution in [1.29, 1.82) is 0 Å². The molecule has 1 saturated heterocycles. The summed E-state index contributed by atoms with van der Waals surface area (Å²) in [5.74, 6) is -1.59. The number of hydrogen-bond acceptors (Lipinski definition) is 2. The molecule has 0 radical (unpaired) electrons. The summed E-state index contributed by atoms with van der Waals surface area (Å²) in [7, 11) is 0. The quantitative estimate of drug-likeness (QED) is 0.185. The number of hydrogen-bond donors (Lipinski definition) is 0. The summed E-state index contributed by atoms with van der Waals surface area (Å²) in [6.07, 6.45) is 6.25. The first-order valence-electron chi connectivity index (χ1n) is 16.4. The third-order valence-electron chi connectivity index (χ3n) is 11.5. The van der Waals surface area contributed by atoms with Crippen LogP contribution in [0.25, 0.3) is 12.2 Å². The molecule has 0 bridgehead atoms. The van der Waals surface area contributed by atoms with Gasteiger partial charge in [-0.05, 0) is 0 Å². The van der Waals surface area contributed by atoms with E-state index in [-0.39, 0.29) is 0 Å². The van der Waals surface area contributed by atoms with E-state index in [0.29, 0.717) is 7.25 Å². The number of allylic oxidation sites excluding steroid dienone is 2. The normalized spacial score (nSPS) is 22.4. The molecule has 4 aromatic rings. The Hall–Kier alpha value is -1.98. The first-order chi connectivity index (χ1) is 21.6. The minimum absolute atomic E-state index is 0.352. The van der Waals surface area contributed by atoms with Gasteiger partial charge in [-0.1, -0.05) is 0 Å². The molecule has 1 aliphatic heterocycles. The molecule has 2 nitrogen and oxygen atoms in total. The third kappa shape index (κ3) is 4.24. The first-order valence-corrected chi connectivity index (χ1v) is 30.1. The zero-order valence-corrected chi connectivity index (χ0v) is 34.0. The molecule has 0 saturated carbocycles. The predicted octanol–water partition coefficient (Wildman–Crippen LogP) is 11.4. The van der Waals surface area contributed by atoms with Gasteiger partial charge >= 0.3 is 291 Å². The Kier molecular flexibility index (Phi) is 8.16. The molecule has 45 heavy (non-hydrogen) atoms. The Labute approximate surface area is 289 Å². The van der Waals surface area contributed by atoms with Crippen LogP contribution in [-0.2, 0) is 18.5 Å². The Balaban J connectivity index is 1.72. The fourth-order valence-corrected chi connectivity index (χ4v) is 61.8. The van der Waals surface area contributed by atoms with Crippen molar-refractivity contribution >= 4 is 61.3 Å². The molecule has 2 aliphatic carbocycles. The number of anilines is 2. The Morgan fingerprint density at radius 2 is 1.00 bits per heavy atom. The van der Waals surface area contributed by atoms with Crippen LogP contribution in [0.4, 0.5) is 11.4 Å². The SMILES string of the molecule is CC1=Cc2c(ccc(C)c2Br)[CH]1[Zr]1([CH]2C(C)=Cc3c2ccc(C)c3Br)([SiH](C)C)[N](c2ccccc2)CCC[N]1c1ccccc1. The van der Waals surface area contributed by atoms with Gasteiger partial charge in [-0.15, -0.1) is 0 Å². The van der Waals surface area contributed by atoms with Crippen molar-refractivity contribution in [3.63, 3.8) is 0 Å². The number of halogens is 2. The van der Waals surface area contributed by atoms with Gasteiger partial charge in [-0.25, -0.2) is 0 Å². The second-order valence-electron chi connectivity index (χ2n) is 13.9. The molecule has 0 amide bonds. The van der Waals surface area contributed by atoms with Crippen molar-refractivity contribution in [2.75, 3.05) is 18.8 Å². The van der Waals surface area contributed by atoms with Crippen molar-refractivity contribution in [2.24, 2.45) is 0 Å². The van der Waals surface area contributed by atoms with E-state index in [1.165, 1.54) is 53.7 Å². The maximum atomic E-state index is 4.09. The summed E-state index contributed by atoms with van der Waals surface area (Å²) in [5, 5.41) is 0. The molecule has 3 aliphatic rings. The first kappa shape index (κ1) is 31.6. The molecule has 0 N–H and O–H groups in total. The molecule has 0 spiro atoms. The summed E-state index contributed by atoms with van der Waals surface area (Å²) < 4.78 is 9.48. The van der Waals surface area contributed by atoms with E-state index < -0.39 is 24.4 Å². The summed E-state index contributed by atoms with van der Waals surface area (Å²) >= 11 is 3.36. The van der Waals surface area contributed by atoms with Crippen molar-refractivity contribution in [2.45, 2.75) is 54.5 Å². The number of fused-ring (bicyclic) bond motifs is 2. The average Bonchev–Trinajstić information content (AvgIpc) is 3.58. The van der Waals surface area contributed by atoms with Crippen LogP contribution in [-0.4, -0.2) is 19.0 Å². The molecular formula is C39H43Br2N2SiZr. The van der Waals surface area contributed by atoms with Crippen LogP contribution in [0.5, 0.6) is 0 Å². The van der Waals surface area contributed by atoms with E-state index in [1.807, 2.05) is 0 Å². The summed E-state index contributed by atoms with van der Waals surface area (Å²) in [5.41, 5.74) is 14.4. The van der Waals surface area contributed by atoms with Crippen LogP contribution in [0.1, 0.15) is 60.9 Å². The van der Waals surface area contributed by atoms with Crippen LogP contribution in [0.2, 0.25) is 13.1 Å². The molecular weight excluding hydrogens is 776 g/mol. The molecule has 2 atom stereocenters. The van der Waals surface area contributed by atoms with Gasteiger partial charge in [0, 0.05) is 0 Å². The van der Waals surface area contributed by atoms with Crippen LogP contribution in [0.15, 0.2) is 105 Å². The van der Waals surface area contributed by atoms with Crippen LogP contribution < -0.4 is 5.69 Å². The maximum absolute atomic E-state index is 4.81. The molecule has 7 rings (SSSR count). The Morgan fingerprint density at radius 3 is 1.38 bits per heavy atom. The fraction of sp³-hybridized carbons (Fsp3) is 0.282. The average molecular weight is 819 g/mol. The van der Waals surface area contributed by atoms with Gasteiger partial charge in [0.25, 0.3) is 0 Å². The van der Waals surface area contributed by atoms with Crippen LogP contribution in [0.3, 0.4) is 0 Å². The molecule has 6 heteroatoms. The fourth-order valence-electron chi connectivity index (χ4n) is 10.1. The Bertz CT molecular complexity index is 1740. The third-order valence-corrected chi connectivity index (χ3v) is 58.8. The van der Waals surface area contributed by atoms with E-state index in [4.69, 9.17) is 0 Å². The van der Waals surface area contributed by atoms with E-state index in [9.17, 15) is 0 Å². The van der Waals surface area contributed by atoms with Crippen molar-refractivity contribution in [3.8, 4) is 0 Å². The number of benzene rings is 4. The van der Waals surface area contributed by atoms with Crippen molar-refractivity contribution in [1.82, 2.24) is 0 Å². The van der Waals surface area contributed by atoms with Gasteiger partial charge in [0.15, 0.2) is 0 Å². The minimum atomic E-state index is -4.81. The van der Waals surface area contributed by atoms with Gasteiger partial charge in [0.1, 0.15) is 0 Å². The zero-order chi connectivity index (χ0) is 31.7. The second kappa shape index (κ2) is 11.6. The predicted molar refractivity (Wildman–Crippen MR) is 202 cm³/mol. The topological polar surface area (TPSA) is 6.48 Å². The zero-order valence-electron chi connectivity index (χ0n) is 27.2. The van der Waals surface area contributed by atoms with Crippen LogP contribution in [0, 0.1) is 13.8 Å². The van der Waals surface area contributed by atoms with E-state index >= 15 is 0 Å². The standard InChI is InChI=1S/C15H16N2.2C11H10Br.C2H7Si.Zr/c1-3-8-14(9-4-1)16-12-7-13-17-15-10-5-2-6-11-15;2*1-7-5-9-4-3-8(2)11(12)10(9)6-7;1-3-2;/h1-6,8-11H,7,12-13H2;2*3-6H,1-2H3;3H,1-2H3;/q-2;;;;+2. The van der Waals surface area contributed by atoms with E-state index in [1.54, 1.807) is 11.1 Å². The molecule has 0 aromatic heterocycles. The molecule has 2 unspecified atom stereocenters. The number of aryl methyl sites for hydroxylation is 2. The van der Waals surface area contributed by atoms with E-state index in [2.05, 4.69) is 175 Å². The Morgan fingerprint density at radius 1 is 0.600 bits per heavy atom. The summed E-state index contributed by atoms with van der Waals surface area (Å²) in [6.45, 7) is 17.1. The number of rotatable bonds is 5. The number of para-hydroxylation sites is 2. The van der Waals surface area contributed by atoms with Crippen molar-refractivity contribution < 1.29 is 18.5 Å². The summed E-state index contributed by atoms with van der Waals surface area (Å²) in [6, 6.07) is 32.8. The van der Waals surface area contributed by atoms with Crippen LogP contribution >= 0.6 is 31.9 Å². The second-order valence-corrected chi connectivity index (χ2v) is 45.6. The van der Waals surface area contributed by atoms with Gasteiger partial charge in [0.05, 0.1) is 0 Å². The van der Waals surface area contributed by atoms with Gasteiger partial charge in [-0.2, -0.15) is 0 Å². The molecule has 4 aromatic carbocycles. The number of nitrogens with zero attached hydrogens (tertiary/aromatic N) is 2. The van der Waals surface area contributed by atoms with Crippen molar-refractivity contribution in [3.05, 3.63) is 138 Å². The van der Waals surface area contributed by atoms with E-state index in [0.717, 1.165) is 19.5 Å². The molecule has 1 fully saturated rings. The van der Waals surface area contributed by atoms with Gasteiger partial charge in [0.2, 0.25) is 0 Å². The monoisotopic (exact) mass is 815 g/mol. The molecule has 231 valence electrons. The van der Waals surface area contributed by atoms with Gasteiger partial charge in [-0.3, -0.25) is 0 Å². The summed E-state index contributed by atoms with van der Waals surface area (Å²) in [4.78, 5) is 0.